The van der Waals surface area contributed by atoms with E-state index in [0.717, 1.165) is 0 Å². The largest absolute Gasteiger partial charge is 0.345 e. The molecule has 3 aromatic rings. The zero-order valence-corrected chi connectivity index (χ0v) is 12.4. The second kappa shape index (κ2) is 5.44. The molecule has 0 fully saturated rings. The Labute approximate surface area is 127 Å². The number of hydrogen-bond donors (Lipinski definition) is 0. The van der Waals surface area contributed by atoms with Gasteiger partial charge in [0.25, 0.3) is 5.91 Å². The summed E-state index contributed by atoms with van der Waals surface area (Å²) in [7, 11) is 3.35. The fourth-order valence-corrected chi connectivity index (χ4v) is 2.32. The first-order valence-corrected chi connectivity index (χ1v) is 6.86. The summed E-state index contributed by atoms with van der Waals surface area (Å²) < 4.78 is 1.70. The van der Waals surface area contributed by atoms with Crippen molar-refractivity contribution in [2.45, 2.75) is 0 Å². The Bertz CT molecular complexity index is 851. The Hall–Kier alpha value is -2.95. The normalized spacial score (nSPS) is 10.6. The summed E-state index contributed by atoms with van der Waals surface area (Å²) >= 11 is 0. The van der Waals surface area contributed by atoms with Crippen molar-refractivity contribution in [3.63, 3.8) is 0 Å². The van der Waals surface area contributed by atoms with Crippen LogP contribution in [-0.4, -0.2) is 40.1 Å². The second-order valence-corrected chi connectivity index (χ2v) is 5.18. The van der Waals surface area contributed by atoms with Gasteiger partial charge in [0, 0.05) is 37.6 Å². The minimum Gasteiger partial charge on any atom is -0.345 e. The lowest BCUT2D eigenvalue weighted by molar-refractivity contribution is 0.0827. The van der Waals surface area contributed by atoms with Gasteiger partial charge in [-0.15, -0.1) is 0 Å². The van der Waals surface area contributed by atoms with Crippen LogP contribution in [-0.2, 0) is 0 Å². The first kappa shape index (κ1) is 14.0. The molecule has 22 heavy (non-hydrogen) atoms. The van der Waals surface area contributed by atoms with Gasteiger partial charge in [0.1, 0.15) is 5.65 Å². The molecule has 0 unspecified atom stereocenters. The SMILES string of the molecule is CN(C)C(=O)c1cc(C(=O)c2ccccc2)n2ccnc2c1. The van der Waals surface area contributed by atoms with Crippen LogP contribution in [0.25, 0.3) is 5.65 Å². The summed E-state index contributed by atoms with van der Waals surface area (Å²) in [5.74, 6) is -0.301. The molecular formula is C17H15N3O2. The number of amides is 1. The maximum absolute atomic E-state index is 12.7. The van der Waals surface area contributed by atoms with E-state index in [1.54, 1.807) is 55.2 Å². The van der Waals surface area contributed by atoms with Crippen LogP contribution in [0.5, 0.6) is 0 Å². The number of rotatable bonds is 3. The molecule has 0 radical (unpaired) electrons. The summed E-state index contributed by atoms with van der Waals surface area (Å²) in [6.07, 6.45) is 3.33. The molecule has 2 aromatic heterocycles. The predicted molar refractivity (Wildman–Crippen MR) is 83.1 cm³/mol. The number of nitrogens with zero attached hydrogens (tertiary/aromatic N) is 3. The number of carbonyl (C=O) groups is 2. The zero-order chi connectivity index (χ0) is 15.7. The summed E-state index contributed by atoms with van der Waals surface area (Å²) in [6, 6.07) is 12.3. The summed E-state index contributed by atoms with van der Waals surface area (Å²) in [6.45, 7) is 0. The molecular weight excluding hydrogens is 278 g/mol. The van der Waals surface area contributed by atoms with Gasteiger partial charge in [-0.3, -0.25) is 14.0 Å². The van der Waals surface area contributed by atoms with Crippen molar-refractivity contribution >= 4 is 17.3 Å². The van der Waals surface area contributed by atoms with Crippen molar-refractivity contribution < 1.29 is 9.59 Å². The number of carbonyl (C=O) groups excluding carboxylic acids is 2. The quantitative estimate of drug-likeness (QED) is 0.696. The summed E-state index contributed by atoms with van der Waals surface area (Å²) in [5, 5.41) is 0. The van der Waals surface area contributed by atoms with E-state index in [1.807, 2.05) is 18.2 Å². The second-order valence-electron chi connectivity index (χ2n) is 5.18. The Morgan fingerprint density at radius 3 is 2.45 bits per heavy atom. The number of ketones is 1. The Kier molecular flexibility index (Phi) is 3.47. The van der Waals surface area contributed by atoms with E-state index < -0.39 is 0 Å². The minimum atomic E-state index is -0.160. The first-order valence-electron chi connectivity index (χ1n) is 6.86. The monoisotopic (exact) mass is 293 g/mol. The molecule has 0 spiro atoms. The van der Waals surface area contributed by atoms with Gasteiger partial charge >= 0.3 is 0 Å². The van der Waals surface area contributed by atoms with Crippen molar-refractivity contribution in [1.82, 2.24) is 14.3 Å². The minimum absolute atomic E-state index is 0.142. The summed E-state index contributed by atoms with van der Waals surface area (Å²) in [5.41, 5.74) is 2.02. The van der Waals surface area contributed by atoms with Gasteiger partial charge in [-0.1, -0.05) is 30.3 Å². The first-order chi connectivity index (χ1) is 10.6. The molecule has 0 bridgehead atoms. The zero-order valence-electron chi connectivity index (χ0n) is 12.4. The average molecular weight is 293 g/mol. The molecule has 5 nitrogen and oxygen atoms in total. The van der Waals surface area contributed by atoms with Gasteiger partial charge in [0.2, 0.25) is 5.78 Å². The number of imidazole rings is 1. The van der Waals surface area contributed by atoms with E-state index in [9.17, 15) is 9.59 Å². The van der Waals surface area contributed by atoms with Crippen LogP contribution in [0.4, 0.5) is 0 Å². The lowest BCUT2D eigenvalue weighted by Crippen LogP contribution is -2.22. The van der Waals surface area contributed by atoms with Crippen molar-refractivity contribution in [3.05, 3.63) is 71.7 Å². The Morgan fingerprint density at radius 1 is 1.05 bits per heavy atom. The molecule has 5 heteroatoms. The van der Waals surface area contributed by atoms with Crippen molar-refractivity contribution in [2.75, 3.05) is 14.1 Å². The lowest BCUT2D eigenvalue weighted by atomic mass is 10.1. The number of fused-ring (bicyclic) bond motifs is 1. The molecule has 0 aliphatic heterocycles. The van der Waals surface area contributed by atoms with Crippen LogP contribution in [0.2, 0.25) is 0 Å². The highest BCUT2D eigenvalue weighted by Gasteiger charge is 2.17. The molecule has 0 aliphatic carbocycles. The van der Waals surface area contributed by atoms with E-state index in [4.69, 9.17) is 0 Å². The van der Waals surface area contributed by atoms with Crippen LogP contribution in [0, 0.1) is 0 Å². The molecule has 0 saturated carbocycles. The highest BCUT2D eigenvalue weighted by Crippen LogP contribution is 2.16. The van der Waals surface area contributed by atoms with E-state index in [-0.39, 0.29) is 11.7 Å². The third kappa shape index (κ3) is 2.37. The standard InChI is InChI=1S/C17H15N3O2/c1-19(2)17(22)13-10-14(20-9-8-18-15(20)11-13)16(21)12-6-4-3-5-7-12/h3-11H,1-2H3. The Balaban J connectivity index is 2.18. The fourth-order valence-electron chi connectivity index (χ4n) is 2.32. The average Bonchev–Trinajstić information content (AvgIpc) is 3.01. The fraction of sp³-hybridized carbons (Fsp3) is 0.118. The van der Waals surface area contributed by atoms with Gasteiger partial charge in [0.15, 0.2) is 0 Å². The van der Waals surface area contributed by atoms with E-state index >= 15 is 0 Å². The maximum atomic E-state index is 12.7. The van der Waals surface area contributed by atoms with Crippen molar-refractivity contribution in [3.8, 4) is 0 Å². The van der Waals surface area contributed by atoms with Crippen LogP contribution in [0.1, 0.15) is 26.4 Å². The number of hydrogen-bond acceptors (Lipinski definition) is 3. The smallest absolute Gasteiger partial charge is 0.253 e. The summed E-state index contributed by atoms with van der Waals surface area (Å²) in [4.78, 5) is 30.6. The molecule has 1 aromatic carbocycles. The third-order valence-corrected chi connectivity index (χ3v) is 3.43. The molecule has 0 atom stereocenters. The molecule has 3 rings (SSSR count). The van der Waals surface area contributed by atoms with Crippen molar-refractivity contribution in [2.24, 2.45) is 0 Å². The van der Waals surface area contributed by atoms with Crippen LogP contribution in [0.3, 0.4) is 0 Å². The van der Waals surface area contributed by atoms with E-state index in [1.165, 1.54) is 4.90 Å². The lowest BCUT2D eigenvalue weighted by Gasteiger charge is -2.12. The van der Waals surface area contributed by atoms with Crippen LogP contribution >= 0.6 is 0 Å². The highest BCUT2D eigenvalue weighted by molar-refractivity contribution is 6.09. The van der Waals surface area contributed by atoms with Gasteiger partial charge in [-0.05, 0) is 12.1 Å². The van der Waals surface area contributed by atoms with Gasteiger partial charge in [-0.2, -0.15) is 0 Å². The van der Waals surface area contributed by atoms with Crippen LogP contribution in [0.15, 0.2) is 54.9 Å². The Morgan fingerprint density at radius 2 is 1.77 bits per heavy atom. The topological polar surface area (TPSA) is 54.7 Å². The molecule has 0 saturated heterocycles. The molecule has 0 N–H and O–H groups in total. The number of aromatic nitrogens is 2. The van der Waals surface area contributed by atoms with Crippen LogP contribution < -0.4 is 0 Å². The molecule has 1 amide bonds. The van der Waals surface area contributed by atoms with E-state index in [0.29, 0.717) is 22.5 Å². The molecule has 110 valence electrons. The van der Waals surface area contributed by atoms with E-state index in [2.05, 4.69) is 4.98 Å². The van der Waals surface area contributed by atoms with Crippen molar-refractivity contribution in [1.29, 1.82) is 0 Å². The van der Waals surface area contributed by atoms with Gasteiger partial charge < -0.3 is 4.90 Å². The highest BCUT2D eigenvalue weighted by atomic mass is 16.2. The number of benzene rings is 1. The van der Waals surface area contributed by atoms with Gasteiger partial charge in [-0.25, -0.2) is 4.98 Å². The maximum Gasteiger partial charge on any atom is 0.253 e. The molecule has 2 heterocycles. The third-order valence-electron chi connectivity index (χ3n) is 3.43. The number of pyridine rings is 1. The molecule has 0 aliphatic rings. The van der Waals surface area contributed by atoms with Gasteiger partial charge in [0.05, 0.1) is 5.69 Å². The predicted octanol–water partition coefficient (Wildman–Crippen LogP) is 2.27.